The highest BCUT2D eigenvalue weighted by Crippen LogP contribution is 2.23. The first kappa shape index (κ1) is 23.4. The van der Waals surface area contributed by atoms with Gasteiger partial charge in [0.2, 0.25) is 0 Å². The Kier molecular flexibility index (Phi) is 6.88. The molecule has 7 nitrogen and oxygen atoms in total. The smallest absolute Gasteiger partial charge is 0.257 e. The summed E-state index contributed by atoms with van der Waals surface area (Å²) in [6.07, 6.45) is 0. The van der Waals surface area contributed by atoms with Gasteiger partial charge in [0.15, 0.2) is 5.11 Å². The minimum absolute atomic E-state index is 0.206. The largest absolute Gasteiger partial charge is 0.494 e. The van der Waals surface area contributed by atoms with Crippen LogP contribution in [0.5, 0.6) is 5.75 Å². The monoisotopic (exact) mass is 473 g/mol. The summed E-state index contributed by atoms with van der Waals surface area (Å²) in [5.41, 5.74) is 5.85. The van der Waals surface area contributed by atoms with E-state index in [0.717, 1.165) is 28.0 Å². The third-order valence-corrected chi connectivity index (χ3v) is 5.62. The number of aryl methyl sites for hydroxylation is 1. The van der Waals surface area contributed by atoms with Gasteiger partial charge in [0.05, 0.1) is 12.3 Å². The van der Waals surface area contributed by atoms with Crippen molar-refractivity contribution in [2.75, 3.05) is 11.9 Å². The molecule has 1 heterocycles. The molecule has 0 aliphatic heterocycles. The Morgan fingerprint density at radius 2 is 1.68 bits per heavy atom. The standard InChI is InChI=1S/C26H27N5O2S/c1-5-33-21-12-8-19(9-13-21)25(32)28-26(34)27-22-15-24-23(14-17(22)4)29-31(30-24)20-10-6-18(7-11-20)16(2)3/h6-16H,5H2,1-4H3,(H2,27,28,32,34). The molecule has 4 aromatic rings. The van der Waals surface area contributed by atoms with Gasteiger partial charge in [-0.3, -0.25) is 10.1 Å². The highest BCUT2D eigenvalue weighted by molar-refractivity contribution is 7.80. The molecule has 0 aliphatic carbocycles. The Morgan fingerprint density at radius 1 is 1.03 bits per heavy atom. The van der Waals surface area contributed by atoms with Crippen molar-refractivity contribution < 1.29 is 9.53 Å². The summed E-state index contributed by atoms with van der Waals surface area (Å²) >= 11 is 5.37. The van der Waals surface area contributed by atoms with Gasteiger partial charge >= 0.3 is 0 Å². The third-order valence-electron chi connectivity index (χ3n) is 5.42. The quantitative estimate of drug-likeness (QED) is 0.366. The second-order valence-corrected chi connectivity index (χ2v) is 8.67. The number of anilines is 1. The predicted molar refractivity (Wildman–Crippen MR) is 139 cm³/mol. The van der Waals surface area contributed by atoms with E-state index in [1.165, 1.54) is 5.56 Å². The molecule has 0 spiro atoms. The maximum Gasteiger partial charge on any atom is 0.257 e. The normalized spacial score (nSPS) is 11.0. The average molecular weight is 474 g/mol. The van der Waals surface area contributed by atoms with Crippen molar-refractivity contribution in [3.8, 4) is 11.4 Å². The zero-order valence-electron chi connectivity index (χ0n) is 19.6. The van der Waals surface area contributed by atoms with Crippen molar-refractivity contribution in [1.82, 2.24) is 20.3 Å². The van der Waals surface area contributed by atoms with Crippen LogP contribution in [0.2, 0.25) is 0 Å². The van der Waals surface area contributed by atoms with Gasteiger partial charge in [0.1, 0.15) is 16.8 Å². The first-order chi connectivity index (χ1) is 16.3. The average Bonchev–Trinajstić information content (AvgIpc) is 3.22. The molecule has 2 N–H and O–H groups in total. The molecule has 0 fully saturated rings. The van der Waals surface area contributed by atoms with E-state index < -0.39 is 0 Å². The van der Waals surface area contributed by atoms with Gasteiger partial charge in [0, 0.05) is 11.3 Å². The lowest BCUT2D eigenvalue weighted by Gasteiger charge is -2.12. The van der Waals surface area contributed by atoms with Crippen LogP contribution in [-0.4, -0.2) is 32.6 Å². The SMILES string of the molecule is CCOc1ccc(C(=O)NC(=S)Nc2cc3nn(-c4ccc(C(C)C)cc4)nc3cc2C)cc1. The molecule has 0 saturated heterocycles. The molecule has 3 aromatic carbocycles. The van der Waals surface area contributed by atoms with Gasteiger partial charge in [-0.15, -0.1) is 10.2 Å². The molecule has 0 atom stereocenters. The lowest BCUT2D eigenvalue weighted by molar-refractivity contribution is 0.0977. The van der Waals surface area contributed by atoms with Gasteiger partial charge in [-0.2, -0.15) is 4.80 Å². The Hall–Kier alpha value is -3.78. The van der Waals surface area contributed by atoms with Gasteiger partial charge in [-0.25, -0.2) is 0 Å². The van der Waals surface area contributed by atoms with Crippen molar-refractivity contribution in [1.29, 1.82) is 0 Å². The second kappa shape index (κ2) is 10.0. The lowest BCUT2D eigenvalue weighted by atomic mass is 10.0. The summed E-state index contributed by atoms with van der Waals surface area (Å²) in [7, 11) is 0. The molecule has 174 valence electrons. The van der Waals surface area contributed by atoms with E-state index in [1.54, 1.807) is 29.1 Å². The van der Waals surface area contributed by atoms with E-state index in [1.807, 2.05) is 38.1 Å². The van der Waals surface area contributed by atoms with E-state index in [4.69, 9.17) is 17.0 Å². The van der Waals surface area contributed by atoms with Crippen LogP contribution in [0, 0.1) is 6.92 Å². The molecule has 4 rings (SSSR count). The number of fused-ring (bicyclic) bond motifs is 1. The second-order valence-electron chi connectivity index (χ2n) is 8.26. The number of benzene rings is 3. The fourth-order valence-electron chi connectivity index (χ4n) is 3.51. The molecule has 0 bridgehead atoms. The molecule has 8 heteroatoms. The number of rotatable bonds is 6. The summed E-state index contributed by atoms with van der Waals surface area (Å²) in [5, 5.41) is 15.3. The van der Waals surface area contributed by atoms with E-state index in [9.17, 15) is 4.79 Å². The number of aromatic nitrogens is 3. The molecule has 0 radical (unpaired) electrons. The first-order valence-corrected chi connectivity index (χ1v) is 11.6. The van der Waals surface area contributed by atoms with Crippen LogP contribution in [0.25, 0.3) is 16.7 Å². The van der Waals surface area contributed by atoms with Crippen molar-refractivity contribution >= 4 is 40.0 Å². The zero-order valence-corrected chi connectivity index (χ0v) is 20.4. The number of hydrogen-bond acceptors (Lipinski definition) is 5. The van der Waals surface area contributed by atoms with Crippen LogP contribution >= 0.6 is 12.2 Å². The van der Waals surface area contributed by atoms with Crippen LogP contribution in [0.15, 0.2) is 60.7 Å². The minimum Gasteiger partial charge on any atom is -0.494 e. The number of amides is 1. The number of nitrogens with one attached hydrogen (secondary N) is 2. The molecule has 1 aromatic heterocycles. The maximum atomic E-state index is 12.5. The fraction of sp³-hybridized carbons (Fsp3) is 0.231. The first-order valence-electron chi connectivity index (χ1n) is 11.2. The fourth-order valence-corrected chi connectivity index (χ4v) is 3.71. The topological polar surface area (TPSA) is 81.1 Å². The van der Waals surface area contributed by atoms with Crippen LogP contribution in [0.4, 0.5) is 5.69 Å². The van der Waals surface area contributed by atoms with Gasteiger partial charge < -0.3 is 10.1 Å². The van der Waals surface area contributed by atoms with Gasteiger partial charge in [-0.1, -0.05) is 26.0 Å². The van der Waals surface area contributed by atoms with Crippen LogP contribution < -0.4 is 15.4 Å². The van der Waals surface area contributed by atoms with Crippen molar-refractivity contribution in [2.24, 2.45) is 0 Å². The minimum atomic E-state index is -0.296. The van der Waals surface area contributed by atoms with Crippen molar-refractivity contribution in [3.63, 3.8) is 0 Å². The third kappa shape index (κ3) is 5.23. The predicted octanol–water partition coefficient (Wildman–Crippen LogP) is 5.38. The number of carbonyl (C=O) groups excluding carboxylic acids is 1. The summed E-state index contributed by atoms with van der Waals surface area (Å²) in [6.45, 7) is 8.76. The number of ether oxygens (including phenoxy) is 1. The molecular weight excluding hydrogens is 446 g/mol. The van der Waals surface area contributed by atoms with Crippen LogP contribution in [-0.2, 0) is 0 Å². The Labute approximate surface area is 204 Å². The highest BCUT2D eigenvalue weighted by Gasteiger charge is 2.12. The summed E-state index contributed by atoms with van der Waals surface area (Å²) in [6, 6.07) is 19.0. The van der Waals surface area contributed by atoms with E-state index in [2.05, 4.69) is 46.8 Å². The number of hydrogen-bond donors (Lipinski definition) is 2. The van der Waals surface area contributed by atoms with Crippen molar-refractivity contribution in [2.45, 2.75) is 33.6 Å². The summed E-state index contributed by atoms with van der Waals surface area (Å²) in [5.74, 6) is 0.886. The molecule has 0 unspecified atom stereocenters. The van der Waals surface area contributed by atoms with Crippen LogP contribution in [0.1, 0.15) is 48.2 Å². The molecule has 0 aliphatic rings. The number of thiocarbonyl (C=S) groups is 1. The molecule has 0 saturated carbocycles. The van der Waals surface area contributed by atoms with E-state index in [-0.39, 0.29) is 11.0 Å². The summed E-state index contributed by atoms with van der Waals surface area (Å²) < 4.78 is 5.41. The number of carbonyl (C=O) groups is 1. The van der Waals surface area contributed by atoms with Gasteiger partial charge in [-0.05, 0) is 91.6 Å². The zero-order chi connectivity index (χ0) is 24.2. The molecular formula is C26H27N5O2S. The Morgan fingerprint density at radius 3 is 2.29 bits per heavy atom. The number of nitrogens with zero attached hydrogens (tertiary/aromatic N) is 3. The summed E-state index contributed by atoms with van der Waals surface area (Å²) in [4.78, 5) is 14.2. The Bertz CT molecular complexity index is 1330. The van der Waals surface area contributed by atoms with Crippen molar-refractivity contribution in [3.05, 3.63) is 77.4 Å². The maximum absolute atomic E-state index is 12.5. The highest BCUT2D eigenvalue weighted by atomic mass is 32.1. The van der Waals surface area contributed by atoms with Gasteiger partial charge in [0.25, 0.3) is 5.91 Å². The lowest BCUT2D eigenvalue weighted by Crippen LogP contribution is -2.34. The molecule has 1 amide bonds. The Balaban J connectivity index is 1.47. The van der Waals surface area contributed by atoms with Crippen LogP contribution in [0.3, 0.4) is 0 Å². The van der Waals surface area contributed by atoms with E-state index in [0.29, 0.717) is 23.8 Å². The van der Waals surface area contributed by atoms with E-state index >= 15 is 0 Å². The molecule has 34 heavy (non-hydrogen) atoms.